The molecule has 0 saturated carbocycles. The van der Waals surface area contributed by atoms with Crippen LogP contribution in [0, 0.1) is 10.1 Å². The number of hydrogen-bond acceptors (Lipinski definition) is 11. The average Bonchev–Trinajstić information content (AvgIpc) is 3.22. The first-order chi connectivity index (χ1) is 27.9. The Bertz CT molecular complexity index is 2290. The quantitative estimate of drug-likeness (QED) is 0.0490. The molecule has 15 heteroatoms. The number of carbonyl (C=O) groups is 1. The van der Waals surface area contributed by atoms with Gasteiger partial charge in [0.1, 0.15) is 5.69 Å². The van der Waals surface area contributed by atoms with Gasteiger partial charge in [-0.1, -0.05) is 60.1 Å². The molecule has 0 spiro atoms. The number of nitro groups is 1. The summed E-state index contributed by atoms with van der Waals surface area (Å²) in [5, 5.41) is 16.2. The molecule has 0 aliphatic carbocycles. The number of amides is 1. The minimum atomic E-state index is -4.44. The van der Waals surface area contributed by atoms with E-state index in [1.54, 1.807) is 36.0 Å². The number of hydrogen-bond donors (Lipinski definition) is 3. The van der Waals surface area contributed by atoms with E-state index in [9.17, 15) is 23.3 Å². The summed E-state index contributed by atoms with van der Waals surface area (Å²) in [5.74, 6) is -0.198. The van der Waals surface area contributed by atoms with Gasteiger partial charge in [0.15, 0.2) is 0 Å². The second-order valence-corrected chi connectivity index (χ2v) is 17.7. The molecule has 5 aromatic carbocycles. The van der Waals surface area contributed by atoms with Gasteiger partial charge in [0.2, 0.25) is 0 Å². The second kappa shape index (κ2) is 19.7. The van der Waals surface area contributed by atoms with Crippen molar-refractivity contribution in [1.82, 2.24) is 14.5 Å². The molecular weight excluding hydrogens is 794 g/mol. The number of carbonyl (C=O) groups excluding carboxylic acids is 1. The maximum absolute atomic E-state index is 13.4. The van der Waals surface area contributed by atoms with Gasteiger partial charge in [0.25, 0.3) is 21.6 Å². The zero-order valence-electron chi connectivity index (χ0n) is 32.5. The number of piperazine rings is 1. The second-order valence-electron chi connectivity index (χ2n) is 14.4. The fraction of sp³-hybridized carbons (Fsp3) is 0.279. The lowest BCUT2D eigenvalue weighted by Crippen LogP contribution is -2.46. The number of nitro benzene ring substituents is 1. The van der Waals surface area contributed by atoms with Crippen LogP contribution in [0.1, 0.15) is 27.9 Å². The minimum Gasteiger partial charge on any atom is -0.376 e. The molecule has 0 aromatic heterocycles. The van der Waals surface area contributed by atoms with Crippen molar-refractivity contribution in [3.63, 3.8) is 0 Å². The van der Waals surface area contributed by atoms with Crippen LogP contribution in [0.5, 0.6) is 0 Å². The van der Waals surface area contributed by atoms with E-state index in [-0.39, 0.29) is 22.2 Å². The number of nitrogens with two attached hydrogens (primary N) is 1. The molecule has 12 nitrogen and oxygen atoms in total. The molecule has 1 aliphatic rings. The number of halogens is 1. The molecule has 1 aliphatic heterocycles. The standard InChI is InChI=1S/C43H48ClN7O5S2/c1-48(2)21-20-36(30-57-38-6-4-3-5-7-38)46-41-19-17-39(27-42(41)51(53)54)58(55,56)47-43(52)33-11-15-37(16-12-33)50-24-22-49(23-25-50)29-34-26-31(28-45)8-18-40(34)32-9-13-35(44)14-10-32/h3-19,26-27,36,46H,20-25,28-30,45H2,1-2H3,(H,47,52)/t36-/m1/s1. The van der Waals surface area contributed by atoms with Gasteiger partial charge in [-0.15, -0.1) is 11.8 Å². The van der Waals surface area contributed by atoms with Gasteiger partial charge >= 0.3 is 0 Å². The van der Waals surface area contributed by atoms with Crippen molar-refractivity contribution in [2.45, 2.75) is 35.3 Å². The Balaban J connectivity index is 1.07. The van der Waals surface area contributed by atoms with Crippen molar-refractivity contribution in [3.8, 4) is 11.1 Å². The van der Waals surface area contributed by atoms with Crippen LogP contribution in [0.4, 0.5) is 17.1 Å². The topological polar surface area (TPSA) is 154 Å². The number of nitrogens with zero attached hydrogens (tertiary/aromatic N) is 4. The van der Waals surface area contributed by atoms with E-state index in [0.717, 1.165) is 72.6 Å². The first-order valence-electron chi connectivity index (χ1n) is 19.0. The number of rotatable bonds is 17. The van der Waals surface area contributed by atoms with Gasteiger partial charge in [0.05, 0.1) is 9.82 Å². The average molecular weight is 842 g/mol. The molecular formula is C43H48ClN7O5S2. The fourth-order valence-electron chi connectivity index (χ4n) is 6.78. The van der Waals surface area contributed by atoms with Crippen LogP contribution in [0.3, 0.4) is 0 Å². The summed E-state index contributed by atoms with van der Waals surface area (Å²) < 4.78 is 28.8. The lowest BCUT2D eigenvalue weighted by molar-refractivity contribution is -0.384. The van der Waals surface area contributed by atoms with E-state index in [0.29, 0.717) is 23.7 Å². The highest BCUT2D eigenvalue weighted by atomic mass is 35.5. The largest absolute Gasteiger partial charge is 0.376 e. The van der Waals surface area contributed by atoms with Crippen LogP contribution in [0.25, 0.3) is 11.1 Å². The molecule has 1 saturated heterocycles. The van der Waals surface area contributed by atoms with Crippen molar-refractivity contribution in [2.75, 3.05) is 62.8 Å². The summed E-state index contributed by atoms with van der Waals surface area (Å²) in [6.45, 7) is 5.13. The number of thioether (sulfide) groups is 1. The monoisotopic (exact) mass is 841 g/mol. The Hall–Kier alpha value is -4.96. The lowest BCUT2D eigenvalue weighted by atomic mass is 9.97. The molecule has 0 unspecified atom stereocenters. The van der Waals surface area contributed by atoms with Crippen molar-refractivity contribution < 1.29 is 18.1 Å². The first-order valence-corrected chi connectivity index (χ1v) is 21.8. The summed E-state index contributed by atoms with van der Waals surface area (Å²) in [6, 6.07) is 34.3. The molecule has 58 heavy (non-hydrogen) atoms. The highest BCUT2D eigenvalue weighted by Gasteiger charge is 2.26. The predicted molar refractivity (Wildman–Crippen MR) is 234 cm³/mol. The van der Waals surface area contributed by atoms with Gasteiger partial charge < -0.3 is 20.9 Å². The summed E-state index contributed by atoms with van der Waals surface area (Å²) in [7, 11) is -0.523. The molecule has 1 atom stereocenters. The Kier molecular flexibility index (Phi) is 14.5. The van der Waals surface area contributed by atoms with Gasteiger partial charge in [0, 0.05) is 78.3 Å². The van der Waals surface area contributed by atoms with E-state index >= 15 is 0 Å². The van der Waals surface area contributed by atoms with E-state index in [1.165, 1.54) is 17.7 Å². The fourth-order valence-corrected chi connectivity index (χ4v) is 8.89. The van der Waals surface area contributed by atoms with Gasteiger partial charge in [-0.25, -0.2) is 13.1 Å². The van der Waals surface area contributed by atoms with E-state index in [2.05, 4.69) is 38.0 Å². The first kappa shape index (κ1) is 42.6. The number of sulfonamides is 1. The maximum Gasteiger partial charge on any atom is 0.293 e. The third-order valence-corrected chi connectivity index (χ3v) is 12.8. The molecule has 6 rings (SSSR count). The number of benzene rings is 5. The molecule has 0 radical (unpaired) electrons. The number of anilines is 2. The van der Waals surface area contributed by atoms with E-state index in [1.807, 2.05) is 73.6 Å². The SMILES string of the molecule is CN(C)CC[C@H](CSc1ccccc1)Nc1ccc(S(=O)(=O)NC(=O)c2ccc(N3CCN(Cc4cc(CN)ccc4-c4ccc(Cl)cc4)CC3)cc2)cc1[N+](=O)[O-]. The molecule has 0 bridgehead atoms. The Labute approximate surface area is 349 Å². The summed E-state index contributed by atoms with van der Waals surface area (Å²) in [6.07, 6.45) is 0.701. The van der Waals surface area contributed by atoms with Crippen molar-refractivity contribution in [3.05, 3.63) is 147 Å². The maximum atomic E-state index is 13.4. The Morgan fingerprint density at radius 1 is 0.931 bits per heavy atom. The minimum absolute atomic E-state index is 0.145. The normalized spacial score (nSPS) is 14.0. The number of nitrogens with one attached hydrogen (secondary N) is 2. The van der Waals surface area contributed by atoms with Crippen LogP contribution >= 0.6 is 23.4 Å². The van der Waals surface area contributed by atoms with Crippen LogP contribution < -0.4 is 20.7 Å². The third-order valence-electron chi connectivity index (χ3n) is 10.0. The predicted octanol–water partition coefficient (Wildman–Crippen LogP) is 7.34. The van der Waals surface area contributed by atoms with Crippen molar-refractivity contribution >= 4 is 56.4 Å². The van der Waals surface area contributed by atoms with Crippen molar-refractivity contribution in [2.24, 2.45) is 5.73 Å². The van der Waals surface area contributed by atoms with Crippen LogP contribution in [-0.4, -0.2) is 87.7 Å². The zero-order chi connectivity index (χ0) is 41.2. The van der Waals surface area contributed by atoms with Gasteiger partial charge in [-0.05, 0) is 110 Å². The summed E-state index contributed by atoms with van der Waals surface area (Å²) >= 11 is 7.78. The molecule has 1 amide bonds. The highest BCUT2D eigenvalue weighted by molar-refractivity contribution is 7.99. The molecule has 304 valence electrons. The summed E-state index contributed by atoms with van der Waals surface area (Å²) in [5.41, 5.74) is 11.4. The van der Waals surface area contributed by atoms with E-state index < -0.39 is 26.5 Å². The Morgan fingerprint density at radius 3 is 2.29 bits per heavy atom. The van der Waals surface area contributed by atoms with E-state index in [4.69, 9.17) is 17.3 Å². The Morgan fingerprint density at radius 2 is 1.64 bits per heavy atom. The summed E-state index contributed by atoms with van der Waals surface area (Å²) in [4.78, 5) is 32.1. The smallest absolute Gasteiger partial charge is 0.293 e. The highest BCUT2D eigenvalue weighted by Crippen LogP contribution is 2.31. The molecule has 5 aromatic rings. The van der Waals surface area contributed by atoms with Crippen LogP contribution in [-0.2, 0) is 23.1 Å². The van der Waals surface area contributed by atoms with Crippen molar-refractivity contribution in [1.29, 1.82) is 0 Å². The molecule has 1 heterocycles. The molecule has 1 fully saturated rings. The van der Waals surface area contributed by atoms with Crippen LogP contribution in [0.2, 0.25) is 5.02 Å². The zero-order valence-corrected chi connectivity index (χ0v) is 34.9. The molecule has 4 N–H and O–H groups in total. The third kappa shape index (κ3) is 11.4. The lowest BCUT2D eigenvalue weighted by Gasteiger charge is -2.36. The van der Waals surface area contributed by atoms with Crippen LogP contribution in [0.15, 0.2) is 125 Å². The van der Waals surface area contributed by atoms with Gasteiger partial charge in [-0.2, -0.15) is 0 Å². The van der Waals surface area contributed by atoms with Gasteiger partial charge in [-0.3, -0.25) is 19.8 Å².